The molecule has 1 heterocycles. The molecule has 1 aliphatic heterocycles. The normalized spacial score (nSPS) is 23.6. The summed E-state index contributed by atoms with van der Waals surface area (Å²) in [7, 11) is 0. The number of amides is 2. The first kappa shape index (κ1) is 9.95. The SMILES string of the molecule is O=C(O)CN1C(=O)OC2(CCCC2)C1=O. The Morgan fingerprint density at radius 3 is 2.53 bits per heavy atom. The van der Waals surface area contributed by atoms with Crippen molar-refractivity contribution in [2.24, 2.45) is 0 Å². The zero-order chi connectivity index (χ0) is 11.1. The lowest BCUT2D eigenvalue weighted by atomic mass is 10.0. The minimum atomic E-state index is -1.21. The van der Waals surface area contributed by atoms with Crippen molar-refractivity contribution in [1.82, 2.24) is 4.90 Å². The minimum absolute atomic E-state index is 0.493. The van der Waals surface area contributed by atoms with Gasteiger partial charge in [-0.25, -0.2) is 9.69 Å². The molecule has 0 atom stereocenters. The largest absolute Gasteiger partial charge is 0.480 e. The zero-order valence-electron chi connectivity index (χ0n) is 8.06. The van der Waals surface area contributed by atoms with Crippen molar-refractivity contribution in [3.63, 3.8) is 0 Å². The van der Waals surface area contributed by atoms with Crippen LogP contribution >= 0.6 is 0 Å². The van der Waals surface area contributed by atoms with E-state index >= 15 is 0 Å². The van der Waals surface area contributed by atoms with Crippen molar-refractivity contribution in [3.8, 4) is 0 Å². The van der Waals surface area contributed by atoms with Crippen LogP contribution in [0, 0.1) is 0 Å². The molecule has 0 bridgehead atoms. The molecular weight excluding hydrogens is 202 g/mol. The summed E-state index contributed by atoms with van der Waals surface area (Å²) < 4.78 is 5.01. The van der Waals surface area contributed by atoms with E-state index in [9.17, 15) is 14.4 Å². The van der Waals surface area contributed by atoms with Crippen LogP contribution in [-0.4, -0.2) is 40.1 Å². The van der Waals surface area contributed by atoms with Gasteiger partial charge in [-0.3, -0.25) is 9.59 Å². The molecular formula is C9H11NO5. The van der Waals surface area contributed by atoms with E-state index < -0.39 is 30.1 Å². The maximum Gasteiger partial charge on any atom is 0.418 e. The second-order valence-electron chi connectivity index (χ2n) is 3.85. The van der Waals surface area contributed by atoms with Crippen LogP contribution in [0.25, 0.3) is 0 Å². The smallest absolute Gasteiger partial charge is 0.418 e. The standard InChI is InChI=1S/C9H11NO5/c11-6(12)5-10-7(13)9(15-8(10)14)3-1-2-4-9/h1-5H2,(H,11,12). The highest BCUT2D eigenvalue weighted by molar-refractivity contribution is 6.04. The van der Waals surface area contributed by atoms with Gasteiger partial charge in [0.2, 0.25) is 0 Å². The molecule has 1 saturated carbocycles. The predicted molar refractivity (Wildman–Crippen MR) is 47.0 cm³/mol. The Kier molecular flexibility index (Phi) is 2.13. The molecule has 2 amide bonds. The van der Waals surface area contributed by atoms with Crippen molar-refractivity contribution in [2.75, 3.05) is 6.54 Å². The van der Waals surface area contributed by atoms with Crippen LogP contribution in [0.4, 0.5) is 4.79 Å². The molecule has 82 valence electrons. The van der Waals surface area contributed by atoms with Gasteiger partial charge in [-0.1, -0.05) is 0 Å². The molecule has 0 unspecified atom stereocenters. The highest BCUT2D eigenvalue weighted by atomic mass is 16.6. The fraction of sp³-hybridized carbons (Fsp3) is 0.667. The summed E-state index contributed by atoms with van der Waals surface area (Å²) in [6, 6.07) is 0. The number of hydrogen-bond acceptors (Lipinski definition) is 4. The van der Waals surface area contributed by atoms with Crippen LogP contribution in [0.15, 0.2) is 0 Å². The number of aliphatic carboxylic acids is 1. The number of nitrogens with zero attached hydrogens (tertiary/aromatic N) is 1. The van der Waals surface area contributed by atoms with Crippen molar-refractivity contribution in [1.29, 1.82) is 0 Å². The quantitative estimate of drug-likeness (QED) is 0.716. The fourth-order valence-corrected chi connectivity index (χ4v) is 2.13. The van der Waals surface area contributed by atoms with E-state index in [4.69, 9.17) is 9.84 Å². The van der Waals surface area contributed by atoms with E-state index in [1.807, 2.05) is 0 Å². The number of carboxylic acids is 1. The molecule has 0 aromatic carbocycles. The molecule has 2 aliphatic rings. The second kappa shape index (κ2) is 3.22. The Morgan fingerprint density at radius 2 is 2.00 bits per heavy atom. The number of carbonyl (C=O) groups is 3. The molecule has 2 rings (SSSR count). The Hall–Kier alpha value is -1.59. The van der Waals surface area contributed by atoms with Crippen LogP contribution in [0.2, 0.25) is 0 Å². The summed E-state index contributed by atoms with van der Waals surface area (Å²) in [5.41, 5.74) is -1.05. The Morgan fingerprint density at radius 1 is 1.40 bits per heavy atom. The summed E-state index contributed by atoms with van der Waals surface area (Å²) in [5.74, 6) is -1.71. The number of hydrogen-bond donors (Lipinski definition) is 1. The molecule has 1 aliphatic carbocycles. The maximum absolute atomic E-state index is 11.8. The number of rotatable bonds is 2. The number of carboxylic acid groups (broad SMARTS) is 1. The first-order valence-electron chi connectivity index (χ1n) is 4.82. The van der Waals surface area contributed by atoms with E-state index in [1.165, 1.54) is 0 Å². The van der Waals surface area contributed by atoms with E-state index in [2.05, 4.69) is 0 Å². The van der Waals surface area contributed by atoms with E-state index in [0.717, 1.165) is 12.8 Å². The van der Waals surface area contributed by atoms with Crippen LogP contribution in [0.1, 0.15) is 25.7 Å². The third-order valence-electron chi connectivity index (χ3n) is 2.84. The van der Waals surface area contributed by atoms with Crippen LogP contribution in [0.3, 0.4) is 0 Å². The van der Waals surface area contributed by atoms with Gasteiger partial charge >= 0.3 is 12.1 Å². The highest BCUT2D eigenvalue weighted by Crippen LogP contribution is 2.39. The van der Waals surface area contributed by atoms with Crippen LogP contribution in [0.5, 0.6) is 0 Å². The average molecular weight is 213 g/mol. The number of ether oxygens (including phenoxy) is 1. The van der Waals surface area contributed by atoms with Gasteiger partial charge < -0.3 is 9.84 Å². The van der Waals surface area contributed by atoms with Crippen molar-refractivity contribution in [2.45, 2.75) is 31.3 Å². The summed E-state index contributed by atoms with van der Waals surface area (Å²) in [4.78, 5) is 34.2. The van der Waals surface area contributed by atoms with Crippen molar-refractivity contribution < 1.29 is 24.2 Å². The van der Waals surface area contributed by atoms with E-state index in [1.54, 1.807) is 0 Å². The Labute approximate surface area is 85.8 Å². The molecule has 1 N–H and O–H groups in total. The van der Waals surface area contributed by atoms with Gasteiger partial charge in [-0.2, -0.15) is 0 Å². The Bertz CT molecular complexity index is 331. The molecule has 1 spiro atoms. The van der Waals surface area contributed by atoms with Gasteiger partial charge in [-0.05, 0) is 25.7 Å². The molecule has 0 aromatic heterocycles. The molecule has 2 fully saturated rings. The predicted octanol–water partition coefficient (Wildman–Crippen LogP) is 0.363. The van der Waals surface area contributed by atoms with Crippen molar-refractivity contribution >= 4 is 18.0 Å². The summed E-state index contributed by atoms with van der Waals surface area (Å²) in [5, 5.41) is 8.54. The fourth-order valence-electron chi connectivity index (χ4n) is 2.13. The number of carbonyl (C=O) groups excluding carboxylic acids is 2. The van der Waals surface area contributed by atoms with Crippen molar-refractivity contribution in [3.05, 3.63) is 0 Å². The minimum Gasteiger partial charge on any atom is -0.480 e. The lowest BCUT2D eigenvalue weighted by molar-refractivity contribution is -0.144. The third-order valence-corrected chi connectivity index (χ3v) is 2.84. The van der Waals surface area contributed by atoms with Gasteiger partial charge in [0.1, 0.15) is 6.54 Å². The monoisotopic (exact) mass is 213 g/mol. The molecule has 1 saturated heterocycles. The van der Waals surface area contributed by atoms with Gasteiger partial charge in [-0.15, -0.1) is 0 Å². The zero-order valence-corrected chi connectivity index (χ0v) is 8.06. The Balaban J connectivity index is 2.19. The van der Waals surface area contributed by atoms with Gasteiger partial charge in [0.05, 0.1) is 0 Å². The topological polar surface area (TPSA) is 83.9 Å². The first-order valence-corrected chi connectivity index (χ1v) is 4.82. The molecule has 0 aromatic rings. The van der Waals surface area contributed by atoms with Crippen LogP contribution < -0.4 is 0 Å². The molecule has 6 heteroatoms. The van der Waals surface area contributed by atoms with Gasteiger partial charge in [0.15, 0.2) is 5.60 Å². The van der Waals surface area contributed by atoms with Gasteiger partial charge in [0, 0.05) is 0 Å². The second-order valence-corrected chi connectivity index (χ2v) is 3.85. The van der Waals surface area contributed by atoms with E-state index in [-0.39, 0.29) is 0 Å². The van der Waals surface area contributed by atoms with Crippen LogP contribution in [-0.2, 0) is 14.3 Å². The highest BCUT2D eigenvalue weighted by Gasteiger charge is 2.55. The van der Waals surface area contributed by atoms with Gasteiger partial charge in [0.25, 0.3) is 5.91 Å². The first-order chi connectivity index (χ1) is 7.05. The summed E-state index contributed by atoms with van der Waals surface area (Å²) in [6.07, 6.45) is 1.85. The molecule has 0 radical (unpaired) electrons. The maximum atomic E-state index is 11.8. The lowest BCUT2D eigenvalue weighted by Crippen LogP contribution is -2.40. The third kappa shape index (κ3) is 1.45. The summed E-state index contributed by atoms with van der Waals surface area (Å²) in [6.45, 7) is -0.612. The summed E-state index contributed by atoms with van der Waals surface area (Å²) >= 11 is 0. The van der Waals surface area contributed by atoms with E-state index in [0.29, 0.717) is 17.7 Å². The average Bonchev–Trinajstić information content (AvgIpc) is 2.69. The number of imide groups is 1. The molecule has 15 heavy (non-hydrogen) atoms. The lowest BCUT2D eigenvalue weighted by Gasteiger charge is -2.17. The molecule has 6 nitrogen and oxygen atoms in total.